The zero-order valence-corrected chi connectivity index (χ0v) is 16.4. The summed E-state index contributed by atoms with van der Waals surface area (Å²) >= 11 is 0. The van der Waals surface area contributed by atoms with Crippen molar-refractivity contribution >= 4 is 15.5 Å². The first kappa shape index (κ1) is 19.2. The molecule has 0 atom stereocenters. The second-order valence-corrected chi connectivity index (χ2v) is 8.84. The molecule has 0 amide bonds. The molecule has 0 saturated carbocycles. The zero-order chi connectivity index (χ0) is 20.6. The lowest BCUT2D eigenvalue weighted by Crippen LogP contribution is -2.31. The van der Waals surface area contributed by atoms with Gasteiger partial charge in [-0.1, -0.05) is 0 Å². The number of aromatic nitrogens is 2. The van der Waals surface area contributed by atoms with Gasteiger partial charge in [0.15, 0.2) is 0 Å². The number of rotatable bonds is 5. The van der Waals surface area contributed by atoms with Crippen molar-refractivity contribution in [1.29, 1.82) is 0 Å². The molecule has 29 heavy (non-hydrogen) atoms. The number of benzene rings is 1. The third kappa shape index (κ3) is 4.17. The van der Waals surface area contributed by atoms with E-state index in [9.17, 15) is 18.5 Å². The van der Waals surface area contributed by atoms with Gasteiger partial charge in [0, 0.05) is 55.2 Å². The molecule has 3 heterocycles. The van der Waals surface area contributed by atoms with Crippen molar-refractivity contribution < 1.29 is 17.8 Å². The number of nitro benzene ring substituents is 1. The van der Waals surface area contributed by atoms with Crippen LogP contribution in [0.2, 0.25) is 0 Å². The largest absolute Gasteiger partial charge is 0.460 e. The minimum Gasteiger partial charge on any atom is -0.460 e. The smallest absolute Gasteiger partial charge is 0.269 e. The highest BCUT2D eigenvalue weighted by atomic mass is 32.2. The number of nitro groups is 1. The van der Waals surface area contributed by atoms with Crippen LogP contribution in [0.15, 0.2) is 52.2 Å². The molecule has 9 nitrogen and oxygen atoms in total. The lowest BCUT2D eigenvalue weighted by molar-refractivity contribution is -0.384. The van der Waals surface area contributed by atoms with Crippen molar-refractivity contribution in [3.05, 3.63) is 69.7 Å². The van der Waals surface area contributed by atoms with Crippen LogP contribution in [-0.2, 0) is 29.3 Å². The van der Waals surface area contributed by atoms with Crippen LogP contribution in [0.1, 0.15) is 17.0 Å². The molecular weight excluding hydrogens is 396 g/mol. The van der Waals surface area contributed by atoms with Gasteiger partial charge < -0.3 is 4.42 Å². The molecule has 2 aromatic heterocycles. The first-order valence-electron chi connectivity index (χ1n) is 8.90. The van der Waals surface area contributed by atoms with Crippen LogP contribution in [-0.4, -0.2) is 41.0 Å². The van der Waals surface area contributed by atoms with Gasteiger partial charge in [-0.3, -0.25) is 15.0 Å². The monoisotopic (exact) mass is 414 g/mol. The fraction of sp³-hybridized carbons (Fsp3) is 0.263. The molecule has 1 aliphatic rings. The van der Waals surface area contributed by atoms with E-state index in [0.717, 1.165) is 35.4 Å². The van der Waals surface area contributed by atoms with E-state index in [2.05, 4.69) is 14.9 Å². The van der Waals surface area contributed by atoms with Crippen LogP contribution in [0, 0.1) is 10.1 Å². The maximum atomic E-state index is 11.6. The van der Waals surface area contributed by atoms with E-state index in [-0.39, 0.29) is 10.8 Å². The average Bonchev–Trinajstić information content (AvgIpc) is 3.15. The summed E-state index contributed by atoms with van der Waals surface area (Å²) in [6, 6.07) is 9.95. The Morgan fingerprint density at radius 1 is 1.21 bits per heavy atom. The Bertz CT molecular complexity index is 1170. The third-order valence-corrected chi connectivity index (χ3v) is 5.59. The summed E-state index contributed by atoms with van der Waals surface area (Å²) in [5.74, 6) is 1.42. The van der Waals surface area contributed by atoms with Crippen LogP contribution in [0.25, 0.3) is 11.3 Å². The molecule has 4 rings (SSSR count). The first-order chi connectivity index (χ1) is 13.8. The van der Waals surface area contributed by atoms with Gasteiger partial charge in [0.2, 0.25) is 15.0 Å². The van der Waals surface area contributed by atoms with Crippen molar-refractivity contribution in [1.82, 2.24) is 14.9 Å². The summed E-state index contributed by atoms with van der Waals surface area (Å²) in [5, 5.41) is 10.6. The van der Waals surface area contributed by atoms with E-state index in [4.69, 9.17) is 4.42 Å². The number of hydrogen-bond acceptors (Lipinski definition) is 8. The molecule has 10 heteroatoms. The van der Waals surface area contributed by atoms with Gasteiger partial charge >= 0.3 is 0 Å². The molecule has 150 valence electrons. The number of hydrogen-bond donors (Lipinski definition) is 0. The molecule has 0 bridgehead atoms. The number of furan rings is 1. The van der Waals surface area contributed by atoms with E-state index < -0.39 is 14.8 Å². The highest BCUT2D eigenvalue weighted by Gasteiger charge is 2.22. The minimum atomic E-state index is -3.42. The molecule has 1 aliphatic heterocycles. The van der Waals surface area contributed by atoms with Gasteiger partial charge in [-0.15, -0.1) is 0 Å². The summed E-state index contributed by atoms with van der Waals surface area (Å²) in [5.41, 5.74) is 2.48. The molecule has 0 spiro atoms. The topological polar surface area (TPSA) is 119 Å². The molecule has 0 radical (unpaired) electrons. The molecule has 0 N–H and O–H groups in total. The molecular formula is C19H18N4O5S. The van der Waals surface area contributed by atoms with Gasteiger partial charge in [0.05, 0.1) is 17.2 Å². The Kier molecular flexibility index (Phi) is 4.89. The fourth-order valence-electron chi connectivity index (χ4n) is 3.26. The molecule has 1 aromatic carbocycles. The lowest BCUT2D eigenvalue weighted by Gasteiger charge is -2.27. The highest BCUT2D eigenvalue weighted by molar-refractivity contribution is 7.90. The predicted octanol–water partition coefficient (Wildman–Crippen LogP) is 2.61. The van der Waals surface area contributed by atoms with Crippen molar-refractivity contribution in [2.24, 2.45) is 0 Å². The Labute approximate surface area is 167 Å². The molecule has 0 unspecified atom stereocenters. The number of nitrogens with zero attached hydrogens (tertiary/aromatic N) is 4. The Hall–Kier alpha value is -3.11. The zero-order valence-electron chi connectivity index (χ0n) is 15.6. The second kappa shape index (κ2) is 7.37. The molecule has 0 saturated heterocycles. The molecule has 3 aromatic rings. The van der Waals surface area contributed by atoms with Gasteiger partial charge in [-0.05, 0) is 24.3 Å². The predicted molar refractivity (Wildman–Crippen MR) is 104 cm³/mol. The maximum absolute atomic E-state index is 11.6. The van der Waals surface area contributed by atoms with E-state index in [1.165, 1.54) is 12.1 Å². The Balaban J connectivity index is 1.45. The van der Waals surface area contributed by atoms with E-state index >= 15 is 0 Å². The van der Waals surface area contributed by atoms with Crippen LogP contribution in [0.5, 0.6) is 0 Å². The SMILES string of the molecule is CS(=O)(=O)c1ncc2c(n1)CCN(Cc1ccc(-c3ccc([N+](=O)[O-])cc3)o1)C2. The number of non-ortho nitro benzene ring substituents is 1. The number of sulfone groups is 1. The van der Waals surface area contributed by atoms with Gasteiger partial charge in [0.25, 0.3) is 5.69 Å². The molecule has 0 aliphatic carbocycles. The summed E-state index contributed by atoms with van der Waals surface area (Å²) in [4.78, 5) is 20.7. The van der Waals surface area contributed by atoms with Crippen molar-refractivity contribution in [2.75, 3.05) is 12.8 Å². The van der Waals surface area contributed by atoms with Crippen LogP contribution in [0.3, 0.4) is 0 Å². The van der Waals surface area contributed by atoms with Crippen molar-refractivity contribution in [2.45, 2.75) is 24.7 Å². The Morgan fingerprint density at radius 3 is 2.66 bits per heavy atom. The lowest BCUT2D eigenvalue weighted by atomic mass is 10.1. The first-order valence-corrected chi connectivity index (χ1v) is 10.8. The standard InChI is InChI=1S/C19H18N4O5S/c1-29(26,27)19-20-10-14-11-22(9-8-17(14)21-19)12-16-6-7-18(28-16)13-2-4-15(5-3-13)23(24)25/h2-7,10H,8-9,11-12H2,1H3. The summed E-state index contributed by atoms with van der Waals surface area (Å²) in [6.45, 7) is 1.91. The van der Waals surface area contributed by atoms with Gasteiger partial charge in [-0.2, -0.15) is 0 Å². The van der Waals surface area contributed by atoms with Crippen molar-refractivity contribution in [3.63, 3.8) is 0 Å². The molecule has 0 fully saturated rings. The van der Waals surface area contributed by atoms with Gasteiger partial charge in [0.1, 0.15) is 11.5 Å². The fourth-order valence-corrected chi connectivity index (χ4v) is 3.78. The van der Waals surface area contributed by atoms with E-state index in [1.54, 1.807) is 18.3 Å². The summed E-state index contributed by atoms with van der Waals surface area (Å²) in [7, 11) is -3.42. The highest BCUT2D eigenvalue weighted by Crippen LogP contribution is 2.26. The average molecular weight is 414 g/mol. The number of fused-ring (bicyclic) bond motifs is 1. The quantitative estimate of drug-likeness (QED) is 0.355. The normalized spacial score (nSPS) is 14.5. The Morgan fingerprint density at radius 2 is 1.97 bits per heavy atom. The van der Waals surface area contributed by atoms with E-state index in [1.807, 2.05) is 12.1 Å². The summed E-state index contributed by atoms with van der Waals surface area (Å²) < 4.78 is 29.1. The van der Waals surface area contributed by atoms with Crippen LogP contribution in [0.4, 0.5) is 5.69 Å². The maximum Gasteiger partial charge on any atom is 0.269 e. The van der Waals surface area contributed by atoms with Gasteiger partial charge in [-0.25, -0.2) is 18.4 Å². The van der Waals surface area contributed by atoms with Crippen molar-refractivity contribution in [3.8, 4) is 11.3 Å². The van der Waals surface area contributed by atoms with Crippen LogP contribution < -0.4 is 0 Å². The minimum absolute atomic E-state index is 0.0359. The van der Waals surface area contributed by atoms with Crippen LogP contribution >= 0.6 is 0 Å². The second-order valence-electron chi connectivity index (χ2n) is 6.93. The van der Waals surface area contributed by atoms with E-state index in [0.29, 0.717) is 25.3 Å². The summed E-state index contributed by atoms with van der Waals surface area (Å²) in [6.07, 6.45) is 3.31. The third-order valence-electron chi connectivity index (χ3n) is 4.73.